The summed E-state index contributed by atoms with van der Waals surface area (Å²) in [6.45, 7) is 0. The SMILES string of the molecule is CN(c1nccc(C(N)=O)c1[N+](=O)[O-])[C@H]1CCC[C@@H]1c1ccccc1. The highest BCUT2D eigenvalue weighted by atomic mass is 16.6. The fourth-order valence-corrected chi connectivity index (χ4v) is 3.73. The Morgan fingerprint density at radius 3 is 2.64 bits per heavy atom. The summed E-state index contributed by atoms with van der Waals surface area (Å²) in [4.78, 5) is 28.6. The van der Waals surface area contributed by atoms with E-state index in [1.807, 2.05) is 23.1 Å². The Morgan fingerprint density at radius 2 is 2.00 bits per heavy atom. The van der Waals surface area contributed by atoms with Crippen LogP contribution in [0.3, 0.4) is 0 Å². The summed E-state index contributed by atoms with van der Waals surface area (Å²) < 4.78 is 0. The Hall–Kier alpha value is -2.96. The topological polar surface area (TPSA) is 102 Å². The highest BCUT2D eigenvalue weighted by molar-refractivity contribution is 5.98. The van der Waals surface area contributed by atoms with Crippen molar-refractivity contribution < 1.29 is 9.72 Å². The van der Waals surface area contributed by atoms with Crippen LogP contribution in [0.4, 0.5) is 11.5 Å². The number of carbonyl (C=O) groups is 1. The van der Waals surface area contributed by atoms with Gasteiger partial charge in [0.15, 0.2) is 0 Å². The lowest BCUT2D eigenvalue weighted by atomic mass is 9.93. The number of hydrogen-bond donors (Lipinski definition) is 1. The fraction of sp³-hybridized carbons (Fsp3) is 0.333. The van der Waals surface area contributed by atoms with Gasteiger partial charge >= 0.3 is 5.69 Å². The van der Waals surface area contributed by atoms with Crippen LogP contribution in [0, 0.1) is 10.1 Å². The standard InChI is InChI=1S/C18H20N4O3/c1-21(15-9-5-8-13(15)12-6-3-2-4-7-12)18-16(22(24)25)14(17(19)23)10-11-20-18/h2-4,6-7,10-11,13,15H,5,8-9H2,1H3,(H2,19,23)/t13-,15+/m1/s1. The van der Waals surface area contributed by atoms with Crippen LogP contribution in [-0.2, 0) is 0 Å². The molecule has 1 aromatic carbocycles. The first kappa shape index (κ1) is 16.9. The quantitative estimate of drug-likeness (QED) is 0.666. The maximum atomic E-state index is 11.6. The molecule has 1 heterocycles. The normalized spacial score (nSPS) is 19.6. The highest BCUT2D eigenvalue weighted by Gasteiger charge is 2.36. The lowest BCUT2D eigenvalue weighted by Crippen LogP contribution is -2.35. The first-order valence-corrected chi connectivity index (χ1v) is 8.21. The predicted octanol–water partition coefficient (Wildman–Crippen LogP) is 2.86. The maximum Gasteiger partial charge on any atom is 0.324 e. The summed E-state index contributed by atoms with van der Waals surface area (Å²) in [5.74, 6) is -0.367. The van der Waals surface area contributed by atoms with Gasteiger partial charge in [-0.05, 0) is 24.5 Å². The Kier molecular flexibility index (Phi) is 4.65. The molecule has 2 N–H and O–H groups in total. The third-order valence-electron chi connectivity index (χ3n) is 4.89. The molecule has 7 heteroatoms. The summed E-state index contributed by atoms with van der Waals surface area (Å²) in [5.41, 5.74) is 6.08. The lowest BCUT2D eigenvalue weighted by molar-refractivity contribution is -0.384. The number of hydrogen-bond acceptors (Lipinski definition) is 5. The van der Waals surface area contributed by atoms with Crippen molar-refractivity contribution in [3.63, 3.8) is 0 Å². The fourth-order valence-electron chi connectivity index (χ4n) is 3.73. The van der Waals surface area contributed by atoms with Crippen molar-refractivity contribution in [2.24, 2.45) is 5.73 Å². The number of nitrogens with two attached hydrogens (primary N) is 1. The van der Waals surface area contributed by atoms with Crippen LogP contribution >= 0.6 is 0 Å². The van der Waals surface area contributed by atoms with E-state index in [1.165, 1.54) is 17.8 Å². The second-order valence-corrected chi connectivity index (χ2v) is 6.28. The van der Waals surface area contributed by atoms with E-state index in [1.54, 1.807) is 7.05 Å². The van der Waals surface area contributed by atoms with Gasteiger partial charge in [-0.15, -0.1) is 0 Å². The molecule has 3 rings (SSSR count). The summed E-state index contributed by atoms with van der Waals surface area (Å²) >= 11 is 0. The molecule has 2 aromatic rings. The van der Waals surface area contributed by atoms with Gasteiger partial charge in [0.1, 0.15) is 5.56 Å². The largest absolute Gasteiger partial charge is 0.365 e. The molecular formula is C18H20N4O3. The molecule has 1 amide bonds. The van der Waals surface area contributed by atoms with Crippen LogP contribution in [0.25, 0.3) is 0 Å². The van der Waals surface area contributed by atoms with Crippen molar-refractivity contribution in [1.82, 2.24) is 4.98 Å². The van der Waals surface area contributed by atoms with Gasteiger partial charge < -0.3 is 10.6 Å². The lowest BCUT2D eigenvalue weighted by Gasteiger charge is -2.30. The molecule has 1 fully saturated rings. The molecule has 7 nitrogen and oxygen atoms in total. The third kappa shape index (κ3) is 3.17. The summed E-state index contributed by atoms with van der Waals surface area (Å²) in [6.07, 6.45) is 4.36. The molecule has 0 bridgehead atoms. The third-order valence-corrected chi connectivity index (χ3v) is 4.89. The molecule has 130 valence electrons. The number of anilines is 1. The second-order valence-electron chi connectivity index (χ2n) is 6.28. The maximum absolute atomic E-state index is 11.6. The van der Waals surface area contributed by atoms with Crippen LogP contribution in [0.5, 0.6) is 0 Å². The number of aromatic nitrogens is 1. The van der Waals surface area contributed by atoms with Crippen LogP contribution in [-0.4, -0.2) is 28.9 Å². The van der Waals surface area contributed by atoms with Crippen molar-refractivity contribution in [2.75, 3.05) is 11.9 Å². The van der Waals surface area contributed by atoms with Crippen LogP contribution in [0.2, 0.25) is 0 Å². The van der Waals surface area contributed by atoms with Gasteiger partial charge in [0, 0.05) is 25.2 Å². The van der Waals surface area contributed by atoms with E-state index in [0.717, 1.165) is 19.3 Å². The molecule has 0 spiro atoms. The number of likely N-dealkylation sites (N-methyl/N-ethyl adjacent to an activating group) is 1. The molecule has 0 unspecified atom stereocenters. The molecule has 1 saturated carbocycles. The Labute approximate surface area is 145 Å². The minimum atomic E-state index is -0.824. The molecule has 1 aromatic heterocycles. The van der Waals surface area contributed by atoms with E-state index in [0.29, 0.717) is 0 Å². The number of nitro groups is 1. The zero-order valence-corrected chi connectivity index (χ0v) is 14.0. The first-order chi connectivity index (χ1) is 12.0. The van der Waals surface area contributed by atoms with Crippen molar-refractivity contribution in [3.05, 3.63) is 63.8 Å². The number of rotatable bonds is 5. The number of benzene rings is 1. The molecule has 25 heavy (non-hydrogen) atoms. The Balaban J connectivity index is 2.00. The summed E-state index contributed by atoms with van der Waals surface area (Å²) in [5, 5.41) is 11.5. The van der Waals surface area contributed by atoms with Crippen molar-refractivity contribution >= 4 is 17.4 Å². The molecular weight excluding hydrogens is 320 g/mol. The molecule has 0 radical (unpaired) electrons. The molecule has 2 atom stereocenters. The van der Waals surface area contributed by atoms with Gasteiger partial charge in [-0.3, -0.25) is 14.9 Å². The molecule has 1 aliphatic carbocycles. The van der Waals surface area contributed by atoms with Crippen LogP contribution in [0.15, 0.2) is 42.6 Å². The number of nitrogens with zero attached hydrogens (tertiary/aromatic N) is 3. The van der Waals surface area contributed by atoms with Gasteiger partial charge in [0.25, 0.3) is 5.91 Å². The minimum Gasteiger partial charge on any atom is -0.365 e. The number of amides is 1. The van der Waals surface area contributed by atoms with E-state index < -0.39 is 10.8 Å². The zero-order valence-electron chi connectivity index (χ0n) is 14.0. The van der Waals surface area contributed by atoms with Crippen molar-refractivity contribution in [1.29, 1.82) is 0 Å². The average Bonchev–Trinajstić information content (AvgIpc) is 3.10. The van der Waals surface area contributed by atoms with Crippen LogP contribution in [0.1, 0.15) is 41.1 Å². The van der Waals surface area contributed by atoms with Crippen molar-refractivity contribution in [3.8, 4) is 0 Å². The van der Waals surface area contributed by atoms with E-state index in [4.69, 9.17) is 5.73 Å². The van der Waals surface area contributed by atoms with Gasteiger partial charge in [0.2, 0.25) is 5.82 Å². The van der Waals surface area contributed by atoms with Gasteiger partial charge in [-0.25, -0.2) is 4.98 Å². The monoisotopic (exact) mass is 340 g/mol. The smallest absolute Gasteiger partial charge is 0.324 e. The van der Waals surface area contributed by atoms with Gasteiger partial charge in [-0.2, -0.15) is 0 Å². The number of carbonyl (C=O) groups excluding carboxylic acids is 1. The highest BCUT2D eigenvalue weighted by Crippen LogP contribution is 2.40. The summed E-state index contributed by atoms with van der Waals surface area (Å²) in [7, 11) is 1.80. The van der Waals surface area contributed by atoms with Gasteiger partial charge in [-0.1, -0.05) is 36.8 Å². The predicted molar refractivity (Wildman–Crippen MR) is 94.6 cm³/mol. The minimum absolute atomic E-state index is 0.0803. The second kappa shape index (κ2) is 6.88. The first-order valence-electron chi connectivity index (χ1n) is 8.21. The number of primary amides is 1. The summed E-state index contributed by atoms with van der Waals surface area (Å²) in [6, 6.07) is 11.5. The molecule has 0 aliphatic heterocycles. The van der Waals surface area contributed by atoms with Gasteiger partial charge in [0.05, 0.1) is 4.92 Å². The molecule has 0 saturated heterocycles. The Morgan fingerprint density at radius 1 is 1.28 bits per heavy atom. The average molecular weight is 340 g/mol. The Bertz CT molecular complexity index is 794. The van der Waals surface area contributed by atoms with E-state index >= 15 is 0 Å². The van der Waals surface area contributed by atoms with E-state index in [-0.39, 0.29) is 29.0 Å². The molecule has 1 aliphatic rings. The van der Waals surface area contributed by atoms with Crippen molar-refractivity contribution in [2.45, 2.75) is 31.2 Å². The number of pyridine rings is 1. The van der Waals surface area contributed by atoms with E-state index in [9.17, 15) is 14.9 Å². The van der Waals surface area contributed by atoms with E-state index in [2.05, 4.69) is 17.1 Å². The van der Waals surface area contributed by atoms with Crippen LogP contribution < -0.4 is 10.6 Å². The zero-order chi connectivity index (χ0) is 18.0.